The highest BCUT2D eigenvalue weighted by Crippen LogP contribution is 1.69. The van der Waals surface area contributed by atoms with Crippen molar-refractivity contribution in [2.45, 2.75) is 13.8 Å². The maximum atomic E-state index is 9.82. The smallest absolute Gasteiger partial charge is 0.302 e. The number of carbonyl (C=O) groups excluding carboxylic acids is 1. The van der Waals surface area contributed by atoms with Gasteiger partial charge in [-0.25, -0.2) is 0 Å². The molecule has 0 aromatic heterocycles. The Morgan fingerprint density at radius 1 is 1.45 bits per heavy atom. The molecule has 0 atom stereocenters. The summed E-state index contributed by atoms with van der Waals surface area (Å²) in [6.45, 7) is 6.93. The minimum atomic E-state index is -0.211. The summed E-state index contributed by atoms with van der Waals surface area (Å²) < 4.78 is 4.40. The number of nitrogens with one attached hydrogen (secondary N) is 2. The van der Waals surface area contributed by atoms with Crippen LogP contribution >= 0.6 is 0 Å². The van der Waals surface area contributed by atoms with Crippen LogP contribution in [0.25, 0.3) is 0 Å². The Bertz CT molecular complexity index is 95.0. The molecule has 0 radical (unpaired) electrons. The SMILES string of the molecule is C1CNCN1.CCOC(C)=O. The molecule has 0 spiro atoms. The van der Waals surface area contributed by atoms with Crippen LogP contribution < -0.4 is 10.6 Å². The lowest BCUT2D eigenvalue weighted by Crippen LogP contribution is -2.11. The van der Waals surface area contributed by atoms with Crippen LogP contribution in [0.5, 0.6) is 0 Å². The van der Waals surface area contributed by atoms with E-state index in [1.165, 1.54) is 6.92 Å². The first-order valence-corrected chi connectivity index (χ1v) is 3.82. The van der Waals surface area contributed by atoms with Gasteiger partial charge in [-0.05, 0) is 6.92 Å². The Morgan fingerprint density at radius 2 is 2.00 bits per heavy atom. The molecule has 1 heterocycles. The van der Waals surface area contributed by atoms with Crippen LogP contribution in [0, 0.1) is 0 Å². The van der Waals surface area contributed by atoms with Crippen LogP contribution in [0.3, 0.4) is 0 Å². The van der Waals surface area contributed by atoms with Crippen molar-refractivity contribution in [2.75, 3.05) is 26.4 Å². The van der Waals surface area contributed by atoms with E-state index in [-0.39, 0.29) is 5.97 Å². The van der Waals surface area contributed by atoms with Gasteiger partial charge in [0.05, 0.1) is 6.61 Å². The van der Waals surface area contributed by atoms with E-state index in [4.69, 9.17) is 0 Å². The van der Waals surface area contributed by atoms with Crippen LogP contribution in [0.15, 0.2) is 0 Å². The molecule has 0 aliphatic carbocycles. The molecule has 1 aliphatic heterocycles. The molecule has 11 heavy (non-hydrogen) atoms. The van der Waals surface area contributed by atoms with Gasteiger partial charge in [-0.3, -0.25) is 4.79 Å². The molecule has 0 aromatic carbocycles. The Balaban J connectivity index is 0.000000183. The number of hydrogen-bond acceptors (Lipinski definition) is 4. The van der Waals surface area contributed by atoms with E-state index in [2.05, 4.69) is 15.4 Å². The fourth-order valence-corrected chi connectivity index (χ4v) is 0.645. The van der Waals surface area contributed by atoms with Crippen LogP contribution in [0.1, 0.15) is 13.8 Å². The van der Waals surface area contributed by atoms with Crippen LogP contribution in [-0.2, 0) is 9.53 Å². The highest BCUT2D eigenvalue weighted by Gasteiger charge is 1.90. The van der Waals surface area contributed by atoms with Crippen LogP contribution in [-0.4, -0.2) is 32.3 Å². The normalized spacial score (nSPS) is 15.1. The Morgan fingerprint density at radius 3 is 2.09 bits per heavy atom. The van der Waals surface area contributed by atoms with Crippen molar-refractivity contribution < 1.29 is 9.53 Å². The second kappa shape index (κ2) is 7.50. The number of hydrogen-bond donors (Lipinski definition) is 2. The lowest BCUT2D eigenvalue weighted by Gasteiger charge is -1.89. The van der Waals surface area contributed by atoms with E-state index in [9.17, 15) is 4.79 Å². The predicted molar refractivity (Wildman–Crippen MR) is 43.2 cm³/mol. The van der Waals surface area contributed by atoms with Gasteiger partial charge in [-0.15, -0.1) is 0 Å². The molecule has 0 aromatic rings. The molecular weight excluding hydrogens is 144 g/mol. The Kier molecular flexibility index (Phi) is 7.08. The van der Waals surface area contributed by atoms with Crippen molar-refractivity contribution in [3.63, 3.8) is 0 Å². The van der Waals surface area contributed by atoms with E-state index in [1.807, 2.05) is 0 Å². The molecule has 1 rings (SSSR count). The predicted octanol–water partition coefficient (Wildman–Crippen LogP) is -0.294. The van der Waals surface area contributed by atoms with Crippen molar-refractivity contribution in [2.24, 2.45) is 0 Å². The summed E-state index contributed by atoms with van der Waals surface area (Å²) in [5.74, 6) is -0.211. The molecule has 4 nitrogen and oxygen atoms in total. The minimum absolute atomic E-state index is 0.211. The summed E-state index contributed by atoms with van der Waals surface area (Å²) in [5, 5.41) is 6.22. The number of rotatable bonds is 1. The molecule has 0 amide bonds. The summed E-state index contributed by atoms with van der Waals surface area (Å²) in [5.41, 5.74) is 0. The van der Waals surface area contributed by atoms with E-state index in [0.717, 1.165) is 19.8 Å². The molecule has 1 aliphatic rings. The van der Waals surface area contributed by atoms with Gasteiger partial charge in [0.2, 0.25) is 0 Å². The van der Waals surface area contributed by atoms with E-state index < -0.39 is 0 Å². The van der Waals surface area contributed by atoms with Crippen LogP contribution in [0.4, 0.5) is 0 Å². The molecule has 2 N–H and O–H groups in total. The molecule has 0 bridgehead atoms. The zero-order valence-corrected chi connectivity index (χ0v) is 7.14. The van der Waals surface area contributed by atoms with Crippen molar-refractivity contribution in [3.8, 4) is 0 Å². The van der Waals surface area contributed by atoms with Gasteiger partial charge in [0.25, 0.3) is 0 Å². The van der Waals surface area contributed by atoms with Crippen molar-refractivity contribution in [1.29, 1.82) is 0 Å². The Hall–Kier alpha value is -0.610. The first-order chi connectivity index (χ1) is 5.27. The topological polar surface area (TPSA) is 50.4 Å². The van der Waals surface area contributed by atoms with E-state index in [1.54, 1.807) is 6.92 Å². The van der Waals surface area contributed by atoms with Crippen molar-refractivity contribution in [3.05, 3.63) is 0 Å². The molecule has 0 unspecified atom stereocenters. The van der Waals surface area contributed by atoms with Gasteiger partial charge in [0.15, 0.2) is 0 Å². The van der Waals surface area contributed by atoms with E-state index in [0.29, 0.717) is 6.61 Å². The summed E-state index contributed by atoms with van der Waals surface area (Å²) in [7, 11) is 0. The number of esters is 1. The molecule has 0 saturated carbocycles. The zero-order valence-electron chi connectivity index (χ0n) is 7.14. The van der Waals surface area contributed by atoms with Gasteiger partial charge in [0, 0.05) is 26.7 Å². The van der Waals surface area contributed by atoms with Gasteiger partial charge in [0.1, 0.15) is 0 Å². The van der Waals surface area contributed by atoms with Crippen LogP contribution in [0.2, 0.25) is 0 Å². The maximum absolute atomic E-state index is 9.82. The van der Waals surface area contributed by atoms with Gasteiger partial charge < -0.3 is 15.4 Å². The molecule has 66 valence electrons. The zero-order chi connectivity index (χ0) is 8.53. The van der Waals surface area contributed by atoms with Gasteiger partial charge in [-0.2, -0.15) is 0 Å². The second-order valence-electron chi connectivity index (χ2n) is 2.10. The molecule has 1 saturated heterocycles. The first-order valence-electron chi connectivity index (χ1n) is 3.82. The number of ether oxygens (including phenoxy) is 1. The van der Waals surface area contributed by atoms with Crippen molar-refractivity contribution >= 4 is 5.97 Å². The average molecular weight is 160 g/mol. The Labute approximate surface area is 67.3 Å². The summed E-state index contributed by atoms with van der Waals surface area (Å²) in [4.78, 5) is 9.82. The maximum Gasteiger partial charge on any atom is 0.302 e. The highest BCUT2D eigenvalue weighted by molar-refractivity contribution is 5.65. The minimum Gasteiger partial charge on any atom is -0.466 e. The van der Waals surface area contributed by atoms with E-state index >= 15 is 0 Å². The molecule has 1 fully saturated rings. The van der Waals surface area contributed by atoms with Gasteiger partial charge >= 0.3 is 5.97 Å². The molecule has 4 heteroatoms. The summed E-state index contributed by atoms with van der Waals surface area (Å²) >= 11 is 0. The molecular formula is C7H16N2O2. The summed E-state index contributed by atoms with van der Waals surface area (Å²) in [6, 6.07) is 0. The van der Waals surface area contributed by atoms with Crippen molar-refractivity contribution in [1.82, 2.24) is 10.6 Å². The third-order valence-electron chi connectivity index (χ3n) is 1.08. The van der Waals surface area contributed by atoms with Gasteiger partial charge in [-0.1, -0.05) is 0 Å². The lowest BCUT2D eigenvalue weighted by molar-refractivity contribution is -0.140. The monoisotopic (exact) mass is 160 g/mol. The average Bonchev–Trinajstić information content (AvgIpc) is 2.41. The quantitative estimate of drug-likeness (QED) is 0.517. The fraction of sp³-hybridized carbons (Fsp3) is 0.857. The standard InChI is InChI=1S/C4H8O2.C3H8N2/c1-3-6-4(2)5;1-2-5-3-4-1/h3H2,1-2H3;4-5H,1-3H2. The largest absolute Gasteiger partial charge is 0.466 e. The second-order valence-corrected chi connectivity index (χ2v) is 2.10. The fourth-order valence-electron chi connectivity index (χ4n) is 0.645. The lowest BCUT2D eigenvalue weighted by atomic mass is 10.7. The number of carbonyl (C=O) groups is 1. The third-order valence-corrected chi connectivity index (χ3v) is 1.08. The third kappa shape index (κ3) is 9.39. The summed E-state index contributed by atoms with van der Waals surface area (Å²) in [6.07, 6.45) is 0. The highest BCUT2D eigenvalue weighted by atomic mass is 16.5. The first kappa shape index (κ1) is 10.4.